The van der Waals surface area contributed by atoms with Crippen LogP contribution in [0, 0.1) is 142 Å². The van der Waals surface area contributed by atoms with E-state index in [2.05, 4.69) is 173 Å². The Balaban J connectivity index is -0.000000328. The van der Waals surface area contributed by atoms with Crippen molar-refractivity contribution in [2.45, 2.75) is 448 Å². The van der Waals surface area contributed by atoms with Crippen LogP contribution in [0.25, 0.3) is 0 Å². The largest absolute Gasteiger partial charge is 0.103 e. The van der Waals surface area contributed by atoms with Crippen LogP contribution in [-0.2, 0) is 0 Å². The van der Waals surface area contributed by atoms with E-state index in [1.54, 1.807) is 64.2 Å². The van der Waals surface area contributed by atoms with E-state index in [1.807, 2.05) is 0 Å². The molecule has 12 fully saturated rings. The average molecular weight is 1550 g/mol. The van der Waals surface area contributed by atoms with Gasteiger partial charge in [-0.25, -0.2) is 0 Å². The van der Waals surface area contributed by atoms with Gasteiger partial charge in [0.25, 0.3) is 0 Å². The lowest BCUT2D eigenvalue weighted by atomic mass is 9.68. The third-order valence-corrected chi connectivity index (χ3v) is 33.6. The molecule has 111 heavy (non-hydrogen) atoms. The fourth-order valence-corrected chi connectivity index (χ4v) is 25.9. The van der Waals surface area contributed by atoms with Crippen molar-refractivity contribution in [1.29, 1.82) is 0 Å². The van der Waals surface area contributed by atoms with Gasteiger partial charge in [0.05, 0.1) is 0 Å². The van der Waals surface area contributed by atoms with Gasteiger partial charge < -0.3 is 0 Å². The van der Waals surface area contributed by atoms with Crippen molar-refractivity contribution in [2.75, 3.05) is 0 Å². The number of hydrogen-bond donors (Lipinski definition) is 0. The molecule has 0 aromatic carbocycles. The third-order valence-electron chi connectivity index (χ3n) is 33.6. The van der Waals surface area contributed by atoms with Gasteiger partial charge in [-0.2, -0.15) is 0 Å². The molecule has 0 atom stereocenters. The van der Waals surface area contributed by atoms with Crippen molar-refractivity contribution in [3.63, 3.8) is 0 Å². The Morgan fingerprint density at radius 1 is 0.198 bits per heavy atom. The van der Waals surface area contributed by atoms with Crippen molar-refractivity contribution in [1.82, 2.24) is 0 Å². The molecule has 0 N–H and O–H groups in total. The highest BCUT2D eigenvalue weighted by Gasteiger charge is 2.37. The van der Waals surface area contributed by atoms with Gasteiger partial charge >= 0.3 is 0 Å². The molecule has 0 spiro atoms. The van der Waals surface area contributed by atoms with Crippen LogP contribution in [0.3, 0.4) is 0 Å². The van der Waals surface area contributed by atoms with Gasteiger partial charge in [0.1, 0.15) is 0 Å². The molecule has 0 heteroatoms. The molecule has 0 bridgehead atoms. The second kappa shape index (κ2) is 58.5. The summed E-state index contributed by atoms with van der Waals surface area (Å²) in [5.74, 6) is 24.2. The van der Waals surface area contributed by atoms with Crippen LogP contribution in [-0.4, -0.2) is 0 Å². The van der Waals surface area contributed by atoms with Crippen LogP contribution in [0.4, 0.5) is 0 Å². The van der Waals surface area contributed by atoms with Gasteiger partial charge in [-0.3, -0.25) is 0 Å². The van der Waals surface area contributed by atoms with Crippen LogP contribution >= 0.6 is 0 Å². The molecule has 12 aliphatic rings. The summed E-state index contributed by atoms with van der Waals surface area (Å²) in [5, 5.41) is 0. The lowest BCUT2D eigenvalue weighted by molar-refractivity contribution is 0.143. The topological polar surface area (TPSA) is 0 Å². The normalized spacial score (nSPS) is 37.3. The van der Waals surface area contributed by atoms with E-state index in [0.29, 0.717) is 0 Å². The van der Waals surface area contributed by atoms with E-state index in [0.717, 1.165) is 142 Å². The second-order valence-corrected chi connectivity index (χ2v) is 40.9. The summed E-state index contributed by atoms with van der Waals surface area (Å²) in [6, 6.07) is 0. The molecule has 0 nitrogen and oxygen atoms in total. The predicted octanol–water partition coefficient (Wildman–Crippen LogP) is 39.3. The summed E-state index contributed by atoms with van der Waals surface area (Å²) in [5.41, 5.74) is 0. The van der Waals surface area contributed by atoms with Crippen LogP contribution in [0.5, 0.6) is 0 Å². The fraction of sp³-hybridized carbons (Fsp3) is 0.838. The monoisotopic (exact) mass is 1550 g/mol. The second-order valence-electron chi connectivity index (χ2n) is 40.9. The first-order valence-electron chi connectivity index (χ1n) is 51.1. The van der Waals surface area contributed by atoms with E-state index in [-0.39, 0.29) is 17.1 Å². The van der Waals surface area contributed by atoms with Crippen molar-refractivity contribution in [2.24, 2.45) is 142 Å². The van der Waals surface area contributed by atoms with Gasteiger partial charge in [0, 0.05) is 17.1 Å². The fourth-order valence-electron chi connectivity index (χ4n) is 25.9. The maximum absolute atomic E-state index is 3.94. The summed E-state index contributed by atoms with van der Waals surface area (Å²) in [7, 11) is 0. The summed E-state index contributed by atoms with van der Waals surface area (Å²) in [4.78, 5) is 0. The Morgan fingerprint density at radius 3 is 0.577 bits per heavy atom. The molecule has 0 amide bonds. The lowest BCUT2D eigenvalue weighted by Gasteiger charge is -2.37. The molecule has 0 aliphatic heterocycles. The van der Waals surface area contributed by atoms with Crippen molar-refractivity contribution in [3.8, 4) is 0 Å². The van der Waals surface area contributed by atoms with E-state index >= 15 is 0 Å². The zero-order valence-electron chi connectivity index (χ0n) is 76.1. The summed E-state index contributed by atoms with van der Waals surface area (Å²) in [6.07, 6.45) is 123. The molecule has 12 rings (SSSR count). The minimum absolute atomic E-state index is 0. The van der Waals surface area contributed by atoms with E-state index in [9.17, 15) is 0 Å². The van der Waals surface area contributed by atoms with Crippen molar-refractivity contribution >= 4 is 0 Å². The van der Waals surface area contributed by atoms with Gasteiger partial charge in [-0.15, -0.1) is 19.7 Å². The molecular weight excluding hydrogens is 1330 g/mol. The first kappa shape index (κ1) is 95.8. The van der Waals surface area contributed by atoms with E-state index < -0.39 is 0 Å². The van der Waals surface area contributed by atoms with E-state index in [4.69, 9.17) is 0 Å². The Kier molecular flexibility index (Phi) is 50.5. The molecule has 0 saturated heterocycles. The highest BCUT2D eigenvalue weighted by Crippen LogP contribution is 2.49. The van der Waals surface area contributed by atoms with Crippen molar-refractivity contribution in [3.05, 3.63) is 111 Å². The lowest BCUT2D eigenvalue weighted by Crippen LogP contribution is -2.25. The quantitative estimate of drug-likeness (QED) is 0.0568. The molecule has 12 saturated carbocycles. The summed E-state index contributed by atoms with van der Waals surface area (Å²) >= 11 is 0. The molecule has 0 unspecified atom stereocenters. The Labute approximate surface area is 713 Å². The first-order valence-corrected chi connectivity index (χ1v) is 51.1. The van der Waals surface area contributed by atoms with Crippen LogP contribution < -0.4 is 0 Å². The zero-order chi connectivity index (χ0) is 78.9. The molecule has 0 heterocycles. The molecule has 0 aromatic rings. The Hall–Kier alpha value is -2.34. The molecule has 0 radical (unpaired) electrons. The zero-order valence-corrected chi connectivity index (χ0v) is 76.1. The first-order chi connectivity index (χ1) is 54.5. The highest BCUT2D eigenvalue weighted by atomic mass is 14.4. The maximum Gasteiger partial charge on any atom is 0 e. The number of allylic oxidation sites excluding steroid dienone is 15. The van der Waals surface area contributed by atoms with Crippen molar-refractivity contribution < 1.29 is 17.1 Å². The van der Waals surface area contributed by atoms with Crippen LogP contribution in [0.1, 0.15) is 465 Å². The Bertz CT molecular complexity index is 2410. The third kappa shape index (κ3) is 36.8. The van der Waals surface area contributed by atoms with Crippen LogP contribution in [0.2, 0.25) is 0 Å². The SMILES string of the molecule is C/C=C/C1CCC(C2CCC(/C=C/C)CC2)CC1.C/C=C/CC1CCC(C2CCC(CCC)CC2)CC1.C/C=C/CC1CCC(C2CCC(CCCC)CC2)CC1.C/C=C/CC1CCC(C2CCC(CCCCC)CC2)CC1.C=CC1CCC(C2CCC(/C=C/C)CC2)CC1.C=CC1CCC(C2CCC(C=C)CC2)CC1.[HH].[HH].[HH].[HH].[HH].[HH].[HH].[HH].[HH].[HH].[HH].[HH]. The molecular formula is C111H216. The molecule has 660 valence electrons. The van der Waals surface area contributed by atoms with Gasteiger partial charge in [0.15, 0.2) is 0 Å². The number of hydrogen-bond acceptors (Lipinski definition) is 0. The summed E-state index contributed by atoms with van der Waals surface area (Å²) in [6.45, 7) is 31.8. The standard InChI is InChI=1S/C21H38.C20H36.C19H34.C18H30.C17H28.C16H26.12H2/c1-3-5-7-9-19-12-16-21(17-13-19)20-14-10-18(11-15-20)8-6-4-2;1-3-5-7-17-9-13-19(14-10-17)20-15-11-18(12-16-20)8-6-4-2;1-3-5-7-17-10-14-19(15-11-17)18-12-8-16(6-4-2)9-13-18;1-3-5-15-7-11-17(12-8-15)18-13-9-16(6-4-2)10-14-18;1-3-5-15-8-12-17(13-9-15)16-10-6-14(4-2)7-11-16;1-3-13-5-9-15(10-6-13)16-11-7-14(4-2)8-12-16;;;;;;;;;;;;/h4,6,18-21H,3,5,7-17H2,1-2H3;3,5,17-20H,4,6-16H2,1-2H3;3,5,16-19H,4,6-15H2,1-2H3;3-6,15-18H,7-14H2,1-2H3;3-5,14-17H,2,6-13H2,1H3;3-4,13-16H,1-2,5-12H2;12*1H/b6-4+;2*5-3+;5-3+,6-4+;5-3+;;;;;;;;;;;;;. The summed E-state index contributed by atoms with van der Waals surface area (Å²) < 4.78 is 0. The van der Waals surface area contributed by atoms with Gasteiger partial charge in [0.2, 0.25) is 0 Å². The van der Waals surface area contributed by atoms with Gasteiger partial charge in [-0.1, -0.05) is 208 Å². The highest BCUT2D eigenvalue weighted by molar-refractivity contribution is 4.98. The molecule has 0 aromatic heterocycles. The Morgan fingerprint density at radius 2 is 0.387 bits per heavy atom. The molecule has 12 aliphatic carbocycles. The average Bonchev–Trinajstić information content (AvgIpc) is 0.835. The number of rotatable bonds is 27. The van der Waals surface area contributed by atoms with Gasteiger partial charge in [-0.05, 0) is 473 Å². The number of unbranched alkanes of at least 4 members (excludes halogenated alkanes) is 3. The van der Waals surface area contributed by atoms with Crippen LogP contribution in [0.15, 0.2) is 111 Å². The predicted molar refractivity (Wildman–Crippen MR) is 523 cm³/mol. The minimum atomic E-state index is 0. The minimum Gasteiger partial charge on any atom is -0.103 e. The van der Waals surface area contributed by atoms with E-state index in [1.165, 1.54) is 321 Å². The maximum atomic E-state index is 3.94. The smallest absolute Gasteiger partial charge is 0 e.